The van der Waals surface area contributed by atoms with Crippen LogP contribution in [0.25, 0.3) is 11.0 Å². The van der Waals surface area contributed by atoms with Crippen LogP contribution in [0.2, 0.25) is 0 Å². The smallest absolute Gasteiger partial charge is 0.456 e. The molecule has 190 valence electrons. The van der Waals surface area contributed by atoms with Gasteiger partial charge in [-0.15, -0.1) is 13.2 Å². The third-order valence-corrected chi connectivity index (χ3v) is 5.84. The lowest BCUT2D eigenvalue weighted by Crippen LogP contribution is -2.33. The zero-order valence-corrected chi connectivity index (χ0v) is 19.7. The Bertz CT molecular complexity index is 1500. The molecule has 2 aromatic heterocycles. The molecular weight excluding hydrogens is 489 g/mol. The summed E-state index contributed by atoms with van der Waals surface area (Å²) in [5.74, 6) is 0.138. The van der Waals surface area contributed by atoms with Crippen LogP contribution in [0.1, 0.15) is 25.3 Å². The number of nitrogens with zero attached hydrogens (tertiary/aromatic N) is 3. The number of nitrogens with one attached hydrogen (secondary N) is 1. The minimum Gasteiger partial charge on any atom is -0.456 e. The summed E-state index contributed by atoms with van der Waals surface area (Å²) in [6, 6.07) is 12.8. The van der Waals surface area contributed by atoms with Crippen molar-refractivity contribution in [3.05, 3.63) is 72.6 Å². The summed E-state index contributed by atoms with van der Waals surface area (Å²) in [6.45, 7) is 3.58. The number of hydrogen-bond acceptors (Lipinski definition) is 5. The molecule has 1 aliphatic heterocycles. The molecule has 1 N–H and O–H groups in total. The van der Waals surface area contributed by atoms with E-state index in [1.54, 1.807) is 36.7 Å². The third kappa shape index (κ3) is 4.80. The van der Waals surface area contributed by atoms with Gasteiger partial charge in [0.1, 0.15) is 29.4 Å². The number of aromatic nitrogens is 2. The Morgan fingerprint density at radius 1 is 1.00 bits per heavy atom. The number of H-pyrrole nitrogens is 1. The van der Waals surface area contributed by atoms with Gasteiger partial charge < -0.3 is 14.5 Å². The van der Waals surface area contributed by atoms with E-state index in [0.29, 0.717) is 22.8 Å². The monoisotopic (exact) mass is 510 g/mol. The van der Waals surface area contributed by atoms with E-state index in [4.69, 9.17) is 4.74 Å². The molecule has 1 fully saturated rings. The van der Waals surface area contributed by atoms with E-state index in [1.807, 2.05) is 19.9 Å². The van der Waals surface area contributed by atoms with Gasteiger partial charge in [-0.1, -0.05) is 19.9 Å². The largest absolute Gasteiger partial charge is 0.573 e. The summed E-state index contributed by atoms with van der Waals surface area (Å²) in [6.07, 6.45) is -1.49. The molecule has 11 heteroatoms. The number of carbonyl (C=O) groups excluding carboxylic acids is 2. The highest BCUT2D eigenvalue weighted by molar-refractivity contribution is 6.27. The Morgan fingerprint density at radius 3 is 2.57 bits per heavy atom. The van der Waals surface area contributed by atoms with Crippen molar-refractivity contribution in [2.45, 2.75) is 26.1 Å². The molecule has 0 bridgehead atoms. The number of alkyl halides is 3. The fraction of sp³-hybridized carbons (Fsp3) is 0.192. The molecule has 3 amide bonds. The normalized spacial score (nSPS) is 14.2. The van der Waals surface area contributed by atoms with Crippen molar-refractivity contribution in [1.82, 2.24) is 9.97 Å². The van der Waals surface area contributed by atoms with Crippen molar-refractivity contribution >= 4 is 34.3 Å². The van der Waals surface area contributed by atoms with Crippen LogP contribution in [-0.4, -0.2) is 34.8 Å². The third-order valence-electron chi connectivity index (χ3n) is 5.84. The number of hydrogen-bond donors (Lipinski definition) is 1. The second-order valence-electron chi connectivity index (χ2n) is 8.67. The predicted octanol–water partition coefficient (Wildman–Crippen LogP) is 6.35. The highest BCUT2D eigenvalue weighted by Crippen LogP contribution is 2.37. The van der Waals surface area contributed by atoms with Gasteiger partial charge in [-0.25, -0.2) is 14.7 Å². The number of urea groups is 1. The summed E-state index contributed by atoms with van der Waals surface area (Å²) in [7, 11) is 0. The number of anilines is 2. The molecule has 3 heterocycles. The van der Waals surface area contributed by atoms with E-state index in [1.165, 1.54) is 12.1 Å². The molecule has 1 saturated heterocycles. The van der Waals surface area contributed by atoms with Gasteiger partial charge >= 0.3 is 12.4 Å². The fourth-order valence-corrected chi connectivity index (χ4v) is 4.17. The van der Waals surface area contributed by atoms with Gasteiger partial charge in [0.25, 0.3) is 5.91 Å². The molecule has 1 aliphatic rings. The van der Waals surface area contributed by atoms with Crippen molar-refractivity contribution in [3.63, 3.8) is 0 Å². The standard InChI is InChI=1S/C26H21F3N4O4/c1-15(2)20-13-17(6-7-21(20)36-22-9-11-31-24-19(22)8-10-30-24)33-23(34)14-32(25(33)35)16-4-3-5-18(12-16)37-26(27,28)29/h3-13,15H,14H2,1-2H3,(H,30,31). The quantitative estimate of drug-likeness (QED) is 0.306. The van der Waals surface area contributed by atoms with E-state index in [9.17, 15) is 22.8 Å². The number of fused-ring (bicyclic) bond motifs is 1. The number of halogens is 3. The molecule has 5 rings (SSSR count). The van der Waals surface area contributed by atoms with Crippen LogP contribution in [0.3, 0.4) is 0 Å². The summed E-state index contributed by atoms with van der Waals surface area (Å²) < 4.78 is 48.0. The maximum absolute atomic E-state index is 13.2. The molecule has 0 unspecified atom stereocenters. The SMILES string of the molecule is CC(C)c1cc(N2C(=O)CN(c3cccc(OC(F)(F)F)c3)C2=O)ccc1Oc1ccnc2[nH]ccc12. The van der Waals surface area contributed by atoms with E-state index >= 15 is 0 Å². The Hall–Kier alpha value is -4.54. The zero-order chi connectivity index (χ0) is 26.3. The first-order valence-corrected chi connectivity index (χ1v) is 11.3. The molecular formula is C26H21F3N4O4. The number of pyridine rings is 1. The number of carbonyl (C=O) groups is 2. The molecule has 2 aromatic carbocycles. The second kappa shape index (κ2) is 9.16. The highest BCUT2D eigenvalue weighted by Gasteiger charge is 2.39. The van der Waals surface area contributed by atoms with Gasteiger partial charge in [0.05, 0.1) is 11.1 Å². The summed E-state index contributed by atoms with van der Waals surface area (Å²) in [5.41, 5.74) is 1.88. The van der Waals surface area contributed by atoms with Crippen LogP contribution < -0.4 is 19.3 Å². The Kier molecular flexibility index (Phi) is 5.98. The Labute approximate surface area is 209 Å². The maximum atomic E-state index is 13.2. The molecule has 8 nitrogen and oxygen atoms in total. The van der Waals surface area contributed by atoms with Crippen molar-refractivity contribution < 1.29 is 32.2 Å². The number of rotatable bonds is 6. The van der Waals surface area contributed by atoms with Gasteiger partial charge in [0.15, 0.2) is 0 Å². The molecule has 0 spiro atoms. The molecule has 0 aliphatic carbocycles. The molecule has 4 aromatic rings. The first-order valence-electron chi connectivity index (χ1n) is 11.3. The highest BCUT2D eigenvalue weighted by atomic mass is 19.4. The van der Waals surface area contributed by atoms with Gasteiger partial charge in [-0.05, 0) is 53.9 Å². The minimum atomic E-state index is -4.88. The predicted molar refractivity (Wildman–Crippen MR) is 130 cm³/mol. The molecule has 0 atom stereocenters. The average Bonchev–Trinajstić information content (AvgIpc) is 3.43. The zero-order valence-electron chi connectivity index (χ0n) is 19.7. The van der Waals surface area contributed by atoms with Crippen LogP contribution in [0.4, 0.5) is 29.3 Å². The molecule has 37 heavy (non-hydrogen) atoms. The summed E-state index contributed by atoms with van der Waals surface area (Å²) in [4.78, 5) is 35.5. The minimum absolute atomic E-state index is 0.0152. The van der Waals surface area contributed by atoms with E-state index in [0.717, 1.165) is 32.9 Å². The van der Waals surface area contributed by atoms with Crippen molar-refractivity contribution in [2.24, 2.45) is 0 Å². The van der Waals surface area contributed by atoms with Crippen molar-refractivity contribution in [2.75, 3.05) is 16.3 Å². The number of imide groups is 1. The Morgan fingerprint density at radius 2 is 1.81 bits per heavy atom. The average molecular weight is 510 g/mol. The summed E-state index contributed by atoms with van der Waals surface area (Å²) in [5, 5.41) is 0.804. The second-order valence-corrected chi connectivity index (χ2v) is 8.67. The van der Waals surface area contributed by atoms with E-state index < -0.39 is 24.1 Å². The van der Waals surface area contributed by atoms with Gasteiger partial charge in [0.2, 0.25) is 0 Å². The fourth-order valence-electron chi connectivity index (χ4n) is 4.17. The number of ether oxygens (including phenoxy) is 2. The number of benzene rings is 2. The van der Waals surface area contributed by atoms with Crippen LogP contribution >= 0.6 is 0 Å². The van der Waals surface area contributed by atoms with Crippen molar-refractivity contribution in [1.29, 1.82) is 0 Å². The van der Waals surface area contributed by atoms with Crippen LogP contribution in [-0.2, 0) is 4.79 Å². The molecule has 0 saturated carbocycles. The Balaban J connectivity index is 1.44. The number of aromatic amines is 1. The lowest BCUT2D eigenvalue weighted by Gasteiger charge is -2.20. The summed E-state index contributed by atoms with van der Waals surface area (Å²) >= 11 is 0. The van der Waals surface area contributed by atoms with Gasteiger partial charge in [-0.2, -0.15) is 0 Å². The topological polar surface area (TPSA) is 87.8 Å². The van der Waals surface area contributed by atoms with Gasteiger partial charge in [-0.3, -0.25) is 9.69 Å². The van der Waals surface area contributed by atoms with Crippen molar-refractivity contribution in [3.8, 4) is 17.2 Å². The lowest BCUT2D eigenvalue weighted by molar-refractivity contribution is -0.274. The first-order chi connectivity index (χ1) is 17.6. The van der Waals surface area contributed by atoms with E-state index in [-0.39, 0.29) is 18.2 Å². The van der Waals surface area contributed by atoms with Crippen LogP contribution in [0.15, 0.2) is 67.0 Å². The molecule has 0 radical (unpaired) electrons. The first kappa shape index (κ1) is 24.2. The maximum Gasteiger partial charge on any atom is 0.573 e. The van der Waals surface area contributed by atoms with E-state index in [2.05, 4.69) is 14.7 Å². The van der Waals surface area contributed by atoms with Crippen LogP contribution in [0.5, 0.6) is 17.2 Å². The number of amides is 3. The van der Waals surface area contributed by atoms with Gasteiger partial charge in [0, 0.05) is 24.1 Å². The lowest BCUT2D eigenvalue weighted by atomic mass is 10.0. The van der Waals surface area contributed by atoms with Crippen LogP contribution in [0, 0.1) is 0 Å².